The molecule has 1 fully saturated rings. The molecule has 92 valence electrons. The van der Waals surface area contributed by atoms with Gasteiger partial charge in [-0.2, -0.15) is 0 Å². The number of rotatable bonds is 5. The van der Waals surface area contributed by atoms with Crippen LogP contribution in [0.25, 0.3) is 0 Å². The van der Waals surface area contributed by atoms with Crippen LogP contribution in [0.3, 0.4) is 0 Å². The normalized spacial score (nSPS) is 14.4. The number of amides is 1. The molecular formula is C12H15BrN2O2. The van der Waals surface area contributed by atoms with Gasteiger partial charge in [0.15, 0.2) is 6.61 Å². The van der Waals surface area contributed by atoms with Crippen LogP contribution in [0.4, 0.5) is 5.69 Å². The van der Waals surface area contributed by atoms with Crippen molar-refractivity contribution < 1.29 is 9.53 Å². The number of hydrogen-bond donors (Lipinski definition) is 2. The summed E-state index contributed by atoms with van der Waals surface area (Å²) in [5.41, 5.74) is 6.25. The maximum atomic E-state index is 11.5. The highest BCUT2D eigenvalue weighted by Gasteiger charge is 2.21. The number of benzene rings is 1. The van der Waals surface area contributed by atoms with Crippen LogP contribution in [0.15, 0.2) is 22.7 Å². The lowest BCUT2D eigenvalue weighted by molar-refractivity contribution is -0.123. The third kappa shape index (κ3) is 3.93. The van der Waals surface area contributed by atoms with E-state index in [4.69, 9.17) is 10.5 Å². The van der Waals surface area contributed by atoms with Crippen molar-refractivity contribution in [3.8, 4) is 5.75 Å². The van der Waals surface area contributed by atoms with E-state index in [2.05, 4.69) is 21.2 Å². The largest absolute Gasteiger partial charge is 0.483 e. The van der Waals surface area contributed by atoms with Crippen molar-refractivity contribution in [2.75, 3.05) is 18.9 Å². The summed E-state index contributed by atoms with van der Waals surface area (Å²) in [7, 11) is 0. The number of anilines is 1. The molecule has 1 aliphatic rings. The highest BCUT2D eigenvalue weighted by atomic mass is 79.9. The number of carbonyl (C=O) groups excluding carboxylic acids is 1. The van der Waals surface area contributed by atoms with Crippen LogP contribution in [0.5, 0.6) is 5.75 Å². The minimum absolute atomic E-state index is 0.0226. The van der Waals surface area contributed by atoms with Gasteiger partial charge in [-0.05, 0) is 46.8 Å². The predicted octanol–water partition coefficient (Wildman–Crippen LogP) is 1.94. The summed E-state index contributed by atoms with van der Waals surface area (Å²) in [5.74, 6) is 1.18. The molecule has 4 nitrogen and oxygen atoms in total. The smallest absolute Gasteiger partial charge is 0.257 e. The molecule has 1 saturated carbocycles. The first-order valence-corrected chi connectivity index (χ1v) is 6.39. The van der Waals surface area contributed by atoms with Crippen LogP contribution >= 0.6 is 15.9 Å². The Bertz CT molecular complexity index is 419. The number of halogens is 1. The molecule has 5 heteroatoms. The fraction of sp³-hybridized carbons (Fsp3) is 0.417. The Kier molecular flexibility index (Phi) is 3.89. The molecule has 0 aromatic heterocycles. The highest BCUT2D eigenvalue weighted by molar-refractivity contribution is 9.10. The standard InChI is InChI=1S/C12H15BrN2O2/c13-10-4-3-9(14)5-11(10)17-7-12(16)15-6-8-1-2-8/h3-5,8H,1-2,6-7,14H2,(H,15,16). The molecule has 0 spiro atoms. The molecule has 3 N–H and O–H groups in total. The predicted molar refractivity (Wildman–Crippen MR) is 69.8 cm³/mol. The molecule has 1 aromatic carbocycles. The topological polar surface area (TPSA) is 64.3 Å². The maximum Gasteiger partial charge on any atom is 0.257 e. The summed E-state index contributed by atoms with van der Waals surface area (Å²) in [4.78, 5) is 11.5. The number of nitrogens with one attached hydrogen (secondary N) is 1. The zero-order chi connectivity index (χ0) is 12.3. The van der Waals surface area contributed by atoms with Gasteiger partial charge in [0.1, 0.15) is 5.75 Å². The molecule has 0 atom stereocenters. The van der Waals surface area contributed by atoms with Gasteiger partial charge in [0.2, 0.25) is 0 Å². The summed E-state index contributed by atoms with van der Waals surface area (Å²) in [6.45, 7) is 0.787. The first kappa shape index (κ1) is 12.2. The quantitative estimate of drug-likeness (QED) is 0.817. The highest BCUT2D eigenvalue weighted by Crippen LogP contribution is 2.28. The molecule has 0 aliphatic heterocycles. The Morgan fingerprint density at radius 1 is 1.53 bits per heavy atom. The third-order valence-electron chi connectivity index (χ3n) is 2.60. The first-order valence-electron chi connectivity index (χ1n) is 5.59. The van der Waals surface area contributed by atoms with Crippen molar-refractivity contribution in [2.24, 2.45) is 5.92 Å². The van der Waals surface area contributed by atoms with E-state index in [9.17, 15) is 4.79 Å². The molecule has 0 unspecified atom stereocenters. The monoisotopic (exact) mass is 298 g/mol. The van der Waals surface area contributed by atoms with E-state index in [1.807, 2.05) is 0 Å². The van der Waals surface area contributed by atoms with Crippen molar-refractivity contribution in [3.63, 3.8) is 0 Å². The number of nitrogens with two attached hydrogens (primary N) is 1. The van der Waals surface area contributed by atoms with E-state index in [-0.39, 0.29) is 12.5 Å². The summed E-state index contributed by atoms with van der Waals surface area (Å²) < 4.78 is 6.19. The van der Waals surface area contributed by atoms with Gasteiger partial charge in [0.25, 0.3) is 5.91 Å². The van der Waals surface area contributed by atoms with E-state index in [1.165, 1.54) is 12.8 Å². The Morgan fingerprint density at radius 2 is 2.29 bits per heavy atom. The van der Waals surface area contributed by atoms with Crippen LogP contribution in [-0.4, -0.2) is 19.1 Å². The lowest BCUT2D eigenvalue weighted by atomic mass is 10.3. The zero-order valence-corrected chi connectivity index (χ0v) is 11.0. The third-order valence-corrected chi connectivity index (χ3v) is 3.25. The molecule has 1 amide bonds. The molecular weight excluding hydrogens is 284 g/mol. The second kappa shape index (κ2) is 5.40. The molecule has 17 heavy (non-hydrogen) atoms. The van der Waals surface area contributed by atoms with Crippen LogP contribution in [0, 0.1) is 5.92 Å². The average Bonchev–Trinajstić information content (AvgIpc) is 3.11. The summed E-state index contributed by atoms with van der Waals surface area (Å²) in [5, 5.41) is 2.84. The van der Waals surface area contributed by atoms with Gasteiger partial charge in [-0.1, -0.05) is 0 Å². The van der Waals surface area contributed by atoms with E-state index in [1.54, 1.807) is 18.2 Å². The molecule has 0 radical (unpaired) electrons. The van der Waals surface area contributed by atoms with Gasteiger partial charge in [-0.15, -0.1) is 0 Å². The van der Waals surface area contributed by atoms with E-state index < -0.39 is 0 Å². The Hall–Kier alpha value is -1.23. The zero-order valence-electron chi connectivity index (χ0n) is 9.41. The summed E-state index contributed by atoms with van der Waals surface area (Å²) in [6, 6.07) is 5.26. The van der Waals surface area contributed by atoms with E-state index in [0.29, 0.717) is 17.4 Å². The lowest BCUT2D eigenvalue weighted by Gasteiger charge is -2.09. The fourth-order valence-corrected chi connectivity index (χ4v) is 1.77. The fourth-order valence-electron chi connectivity index (χ4n) is 1.41. The van der Waals surface area contributed by atoms with Crippen molar-refractivity contribution in [3.05, 3.63) is 22.7 Å². The number of carbonyl (C=O) groups is 1. The summed E-state index contributed by atoms with van der Waals surface area (Å²) >= 11 is 3.34. The van der Waals surface area contributed by atoms with Crippen LogP contribution in [0.1, 0.15) is 12.8 Å². The second-order valence-electron chi connectivity index (χ2n) is 4.23. The van der Waals surface area contributed by atoms with Gasteiger partial charge < -0.3 is 15.8 Å². The number of ether oxygens (including phenoxy) is 1. The van der Waals surface area contributed by atoms with Gasteiger partial charge in [0.05, 0.1) is 4.47 Å². The number of nitrogen functional groups attached to an aromatic ring is 1. The average molecular weight is 299 g/mol. The van der Waals surface area contributed by atoms with Crippen molar-refractivity contribution in [1.82, 2.24) is 5.32 Å². The maximum absolute atomic E-state index is 11.5. The Balaban J connectivity index is 1.79. The lowest BCUT2D eigenvalue weighted by Crippen LogP contribution is -2.30. The van der Waals surface area contributed by atoms with E-state index >= 15 is 0 Å². The summed E-state index contributed by atoms with van der Waals surface area (Å²) in [6.07, 6.45) is 2.45. The van der Waals surface area contributed by atoms with Crippen molar-refractivity contribution in [2.45, 2.75) is 12.8 Å². The minimum Gasteiger partial charge on any atom is -0.483 e. The van der Waals surface area contributed by atoms with Crippen molar-refractivity contribution in [1.29, 1.82) is 0 Å². The molecule has 0 bridgehead atoms. The molecule has 0 heterocycles. The van der Waals surface area contributed by atoms with Crippen LogP contribution in [0.2, 0.25) is 0 Å². The minimum atomic E-state index is -0.0915. The molecule has 0 saturated heterocycles. The SMILES string of the molecule is Nc1ccc(Br)c(OCC(=O)NCC2CC2)c1. The molecule has 1 aromatic rings. The van der Waals surface area contributed by atoms with Crippen molar-refractivity contribution >= 4 is 27.5 Å². The number of hydrogen-bond acceptors (Lipinski definition) is 3. The van der Waals surface area contributed by atoms with Crippen LogP contribution < -0.4 is 15.8 Å². The molecule has 1 aliphatic carbocycles. The first-order chi connectivity index (χ1) is 8.15. The Morgan fingerprint density at radius 3 is 3.00 bits per heavy atom. The van der Waals surface area contributed by atoms with E-state index in [0.717, 1.165) is 11.0 Å². The van der Waals surface area contributed by atoms with Crippen LogP contribution in [-0.2, 0) is 4.79 Å². The van der Waals surface area contributed by atoms with Gasteiger partial charge in [0, 0.05) is 18.3 Å². The van der Waals surface area contributed by atoms with Gasteiger partial charge in [-0.25, -0.2) is 0 Å². The Labute approximate surface area is 109 Å². The van der Waals surface area contributed by atoms with Gasteiger partial charge >= 0.3 is 0 Å². The van der Waals surface area contributed by atoms with Gasteiger partial charge in [-0.3, -0.25) is 4.79 Å². The second-order valence-corrected chi connectivity index (χ2v) is 5.08. The molecule has 2 rings (SSSR count).